The molecular weight excluding hydrogens is 204 g/mol. The lowest BCUT2D eigenvalue weighted by atomic mass is 9.98. The summed E-state index contributed by atoms with van der Waals surface area (Å²) < 4.78 is 12.1. The highest BCUT2D eigenvalue weighted by atomic mass is 28.4. The van der Waals surface area contributed by atoms with E-state index in [2.05, 4.69) is 33.9 Å². The summed E-state index contributed by atoms with van der Waals surface area (Å²) in [5, 5.41) is 0.314. The fourth-order valence-corrected chi connectivity index (χ4v) is 3.44. The summed E-state index contributed by atoms with van der Waals surface area (Å²) in [6, 6.07) is 0. The lowest BCUT2D eigenvalue weighted by molar-refractivity contribution is 0.132. The minimum Gasteiger partial charge on any atom is -0.411 e. The molecule has 0 spiro atoms. The van der Waals surface area contributed by atoms with Crippen LogP contribution in [-0.4, -0.2) is 26.6 Å². The van der Waals surface area contributed by atoms with Crippen LogP contribution in [0.2, 0.25) is 18.1 Å². The molecule has 0 amide bonds. The summed E-state index contributed by atoms with van der Waals surface area (Å²) in [5.41, 5.74) is 0. The van der Waals surface area contributed by atoms with E-state index in [4.69, 9.17) is 9.16 Å². The molecule has 0 bridgehead atoms. The molecule has 1 aliphatic carbocycles. The van der Waals surface area contributed by atoms with Crippen molar-refractivity contribution in [1.82, 2.24) is 0 Å². The van der Waals surface area contributed by atoms with E-state index >= 15 is 0 Å². The van der Waals surface area contributed by atoms with E-state index in [0.29, 0.717) is 23.4 Å². The van der Waals surface area contributed by atoms with E-state index < -0.39 is 8.32 Å². The minimum absolute atomic E-state index is 0.314. The standard InChI is InChI=1S/C12H24O2Si/c1-12(2,3)15(4,5)14-10-8-6-7-9-11(10)13-9/h9-11H,6-8H2,1-5H3/t9-,10?,11-/m0/s1. The van der Waals surface area contributed by atoms with Crippen molar-refractivity contribution < 1.29 is 9.16 Å². The van der Waals surface area contributed by atoms with Crippen LogP contribution >= 0.6 is 0 Å². The van der Waals surface area contributed by atoms with E-state index in [1.165, 1.54) is 19.3 Å². The van der Waals surface area contributed by atoms with Crippen LogP contribution in [0.1, 0.15) is 40.0 Å². The van der Waals surface area contributed by atoms with E-state index in [1.54, 1.807) is 0 Å². The average Bonchev–Trinajstić information content (AvgIpc) is 2.80. The molecule has 2 fully saturated rings. The summed E-state index contributed by atoms with van der Waals surface area (Å²) in [6.07, 6.45) is 5.10. The van der Waals surface area contributed by atoms with Gasteiger partial charge in [0.15, 0.2) is 8.32 Å². The van der Waals surface area contributed by atoms with Crippen LogP contribution in [0.3, 0.4) is 0 Å². The molecule has 88 valence electrons. The van der Waals surface area contributed by atoms with E-state index in [1.807, 2.05) is 0 Å². The SMILES string of the molecule is CC(C)(C)[Si](C)(C)OC1CCC[C@@H]2O[C@H]12. The van der Waals surface area contributed by atoms with Crippen molar-refractivity contribution in [3.05, 3.63) is 0 Å². The van der Waals surface area contributed by atoms with Crippen molar-refractivity contribution in [1.29, 1.82) is 0 Å². The zero-order valence-corrected chi connectivity index (χ0v) is 11.7. The number of hydrogen-bond acceptors (Lipinski definition) is 2. The monoisotopic (exact) mass is 228 g/mol. The molecule has 0 aromatic heterocycles. The number of fused-ring (bicyclic) bond motifs is 1. The Morgan fingerprint density at radius 3 is 2.47 bits per heavy atom. The summed E-state index contributed by atoms with van der Waals surface area (Å²) in [7, 11) is -1.59. The summed E-state index contributed by atoms with van der Waals surface area (Å²) in [5.74, 6) is 0. The summed E-state index contributed by atoms with van der Waals surface area (Å²) >= 11 is 0. The Morgan fingerprint density at radius 1 is 1.20 bits per heavy atom. The Kier molecular flexibility index (Phi) is 2.77. The lowest BCUT2D eigenvalue weighted by Gasteiger charge is -2.39. The molecule has 0 aromatic carbocycles. The molecule has 0 N–H and O–H groups in total. The van der Waals surface area contributed by atoms with Gasteiger partial charge in [0.05, 0.1) is 12.2 Å². The fourth-order valence-electron chi connectivity index (χ4n) is 2.08. The van der Waals surface area contributed by atoms with E-state index in [0.717, 1.165) is 0 Å². The van der Waals surface area contributed by atoms with Gasteiger partial charge < -0.3 is 9.16 Å². The highest BCUT2D eigenvalue weighted by Gasteiger charge is 2.51. The first-order valence-electron chi connectivity index (χ1n) is 6.14. The Morgan fingerprint density at radius 2 is 1.87 bits per heavy atom. The Labute approximate surface area is 94.5 Å². The minimum atomic E-state index is -1.59. The average molecular weight is 228 g/mol. The molecule has 1 aliphatic heterocycles. The number of rotatable bonds is 2. The van der Waals surface area contributed by atoms with Crippen LogP contribution in [0.25, 0.3) is 0 Å². The fraction of sp³-hybridized carbons (Fsp3) is 1.00. The normalized spacial score (nSPS) is 36.2. The molecule has 1 unspecified atom stereocenters. The smallest absolute Gasteiger partial charge is 0.192 e. The molecule has 0 radical (unpaired) electrons. The third kappa shape index (κ3) is 2.29. The van der Waals surface area contributed by atoms with Crippen LogP contribution in [-0.2, 0) is 9.16 Å². The van der Waals surface area contributed by atoms with Gasteiger partial charge in [0.2, 0.25) is 0 Å². The largest absolute Gasteiger partial charge is 0.411 e. The number of epoxide rings is 1. The predicted octanol–water partition coefficient (Wildman–Crippen LogP) is 3.33. The molecule has 1 saturated carbocycles. The Balaban J connectivity index is 1.96. The van der Waals surface area contributed by atoms with Gasteiger partial charge in [-0.2, -0.15) is 0 Å². The molecule has 1 saturated heterocycles. The van der Waals surface area contributed by atoms with E-state index in [9.17, 15) is 0 Å². The molecule has 2 rings (SSSR count). The number of ether oxygens (including phenoxy) is 1. The Hall–Kier alpha value is 0.137. The zero-order chi connectivity index (χ0) is 11.3. The topological polar surface area (TPSA) is 21.8 Å². The quantitative estimate of drug-likeness (QED) is 0.534. The third-order valence-corrected chi connectivity index (χ3v) is 8.72. The van der Waals surface area contributed by atoms with Gasteiger partial charge in [0, 0.05) is 0 Å². The predicted molar refractivity (Wildman–Crippen MR) is 64.6 cm³/mol. The van der Waals surface area contributed by atoms with Crippen LogP contribution in [0.5, 0.6) is 0 Å². The zero-order valence-electron chi connectivity index (χ0n) is 10.7. The van der Waals surface area contributed by atoms with Crippen molar-refractivity contribution in [3.8, 4) is 0 Å². The van der Waals surface area contributed by atoms with Crippen molar-refractivity contribution >= 4 is 8.32 Å². The Bertz CT molecular complexity index is 244. The maximum atomic E-state index is 6.41. The summed E-state index contributed by atoms with van der Waals surface area (Å²) in [6.45, 7) is 11.6. The van der Waals surface area contributed by atoms with Crippen molar-refractivity contribution in [2.45, 2.75) is 76.5 Å². The van der Waals surface area contributed by atoms with Gasteiger partial charge in [0.1, 0.15) is 6.10 Å². The van der Waals surface area contributed by atoms with Crippen LogP contribution in [0.4, 0.5) is 0 Å². The highest BCUT2D eigenvalue weighted by molar-refractivity contribution is 6.74. The van der Waals surface area contributed by atoms with Gasteiger partial charge in [-0.15, -0.1) is 0 Å². The van der Waals surface area contributed by atoms with Gasteiger partial charge >= 0.3 is 0 Å². The first kappa shape index (κ1) is 11.6. The van der Waals surface area contributed by atoms with Gasteiger partial charge in [-0.1, -0.05) is 20.8 Å². The molecule has 1 heterocycles. The molecule has 15 heavy (non-hydrogen) atoms. The van der Waals surface area contributed by atoms with Gasteiger partial charge in [-0.25, -0.2) is 0 Å². The third-order valence-electron chi connectivity index (χ3n) is 4.22. The maximum Gasteiger partial charge on any atom is 0.192 e. The lowest BCUT2D eigenvalue weighted by Crippen LogP contribution is -2.46. The maximum absolute atomic E-state index is 6.41. The van der Waals surface area contributed by atoms with Crippen LogP contribution in [0.15, 0.2) is 0 Å². The second-order valence-corrected chi connectivity index (χ2v) is 11.2. The molecule has 0 aromatic rings. The van der Waals surface area contributed by atoms with Crippen molar-refractivity contribution in [3.63, 3.8) is 0 Å². The van der Waals surface area contributed by atoms with Crippen molar-refractivity contribution in [2.75, 3.05) is 0 Å². The van der Waals surface area contributed by atoms with Crippen molar-refractivity contribution in [2.24, 2.45) is 0 Å². The molecule has 2 nitrogen and oxygen atoms in total. The first-order valence-corrected chi connectivity index (χ1v) is 9.05. The van der Waals surface area contributed by atoms with Gasteiger partial charge in [-0.05, 0) is 37.4 Å². The number of hydrogen-bond donors (Lipinski definition) is 0. The van der Waals surface area contributed by atoms with E-state index in [-0.39, 0.29) is 0 Å². The molecule has 2 aliphatic rings. The van der Waals surface area contributed by atoms with Crippen LogP contribution < -0.4 is 0 Å². The molecular formula is C12H24O2Si. The van der Waals surface area contributed by atoms with Crippen LogP contribution in [0, 0.1) is 0 Å². The molecule has 3 atom stereocenters. The first-order chi connectivity index (χ1) is 6.81. The summed E-state index contributed by atoms with van der Waals surface area (Å²) in [4.78, 5) is 0. The van der Waals surface area contributed by atoms with Gasteiger partial charge in [0.25, 0.3) is 0 Å². The highest BCUT2D eigenvalue weighted by Crippen LogP contribution is 2.43. The molecule has 3 heteroatoms. The van der Waals surface area contributed by atoms with Gasteiger partial charge in [-0.3, -0.25) is 0 Å². The second-order valence-electron chi connectivity index (χ2n) is 6.49. The second kappa shape index (κ2) is 3.57.